The van der Waals surface area contributed by atoms with Gasteiger partial charge in [0, 0.05) is 25.0 Å². The van der Waals surface area contributed by atoms with E-state index in [1.807, 2.05) is 4.90 Å². The Morgan fingerprint density at radius 1 is 1.10 bits per heavy atom. The van der Waals surface area contributed by atoms with E-state index in [0.717, 1.165) is 0 Å². The molecule has 9 nitrogen and oxygen atoms in total. The molecule has 29 heavy (non-hydrogen) atoms. The zero-order chi connectivity index (χ0) is 20.6. The number of ether oxygens (including phenoxy) is 3. The van der Waals surface area contributed by atoms with Gasteiger partial charge in [0.05, 0.1) is 25.9 Å². The van der Waals surface area contributed by atoms with Crippen LogP contribution in [0.15, 0.2) is 42.6 Å². The summed E-state index contributed by atoms with van der Waals surface area (Å²) >= 11 is 0. The zero-order valence-corrected chi connectivity index (χ0v) is 15.9. The third-order valence-electron chi connectivity index (χ3n) is 4.24. The minimum absolute atomic E-state index is 0.296. The van der Waals surface area contributed by atoms with Crippen molar-refractivity contribution in [3.8, 4) is 0 Å². The summed E-state index contributed by atoms with van der Waals surface area (Å²) in [5.41, 5.74) is 1.13. The van der Waals surface area contributed by atoms with Crippen LogP contribution < -0.4 is 10.2 Å². The number of nitrogens with zero attached hydrogens (tertiary/aromatic N) is 2. The highest BCUT2D eigenvalue weighted by molar-refractivity contribution is 5.98. The molecule has 1 aliphatic heterocycles. The first-order chi connectivity index (χ1) is 14.1. The Labute approximate surface area is 167 Å². The number of esters is 2. The van der Waals surface area contributed by atoms with Gasteiger partial charge in [-0.15, -0.1) is 0 Å². The fourth-order valence-corrected chi connectivity index (χ4v) is 2.80. The van der Waals surface area contributed by atoms with Gasteiger partial charge in [0.25, 0.3) is 5.91 Å². The number of carbonyl (C=O) groups excluding carboxylic acids is 3. The quantitative estimate of drug-likeness (QED) is 0.729. The fourth-order valence-electron chi connectivity index (χ4n) is 2.80. The van der Waals surface area contributed by atoms with Crippen molar-refractivity contribution in [1.82, 2.24) is 4.98 Å². The number of hydrogen-bond donors (Lipinski definition) is 1. The number of methoxy groups -OCH3 is 1. The van der Waals surface area contributed by atoms with Gasteiger partial charge in [0.1, 0.15) is 11.4 Å². The number of rotatable bonds is 6. The molecular weight excluding hydrogens is 378 g/mol. The van der Waals surface area contributed by atoms with E-state index in [0.29, 0.717) is 48.9 Å². The highest BCUT2D eigenvalue weighted by atomic mass is 16.5. The molecule has 3 rings (SSSR count). The van der Waals surface area contributed by atoms with E-state index in [-0.39, 0.29) is 0 Å². The third-order valence-corrected chi connectivity index (χ3v) is 4.24. The second-order valence-electron chi connectivity index (χ2n) is 6.17. The molecule has 0 radical (unpaired) electrons. The van der Waals surface area contributed by atoms with Crippen molar-refractivity contribution in [2.45, 2.75) is 0 Å². The van der Waals surface area contributed by atoms with Crippen LogP contribution in [0.25, 0.3) is 0 Å². The van der Waals surface area contributed by atoms with E-state index in [4.69, 9.17) is 9.47 Å². The summed E-state index contributed by atoms with van der Waals surface area (Å²) in [6, 6.07) is 9.43. The number of nitrogens with one attached hydrogen (secondary N) is 1. The summed E-state index contributed by atoms with van der Waals surface area (Å²) in [6.07, 6.45) is 1.60. The van der Waals surface area contributed by atoms with E-state index in [1.165, 1.54) is 19.2 Å². The maximum atomic E-state index is 12.5. The summed E-state index contributed by atoms with van der Waals surface area (Å²) in [5, 5.41) is 2.60. The van der Waals surface area contributed by atoms with Crippen molar-refractivity contribution in [3.05, 3.63) is 53.7 Å². The molecule has 9 heteroatoms. The molecule has 1 fully saturated rings. The van der Waals surface area contributed by atoms with E-state index in [1.54, 1.807) is 30.5 Å². The van der Waals surface area contributed by atoms with Crippen molar-refractivity contribution in [2.75, 3.05) is 50.2 Å². The number of morpholine rings is 1. The van der Waals surface area contributed by atoms with Crippen LogP contribution in [-0.2, 0) is 19.0 Å². The van der Waals surface area contributed by atoms with Crippen LogP contribution in [0, 0.1) is 0 Å². The Kier molecular flexibility index (Phi) is 6.75. The van der Waals surface area contributed by atoms with Gasteiger partial charge < -0.3 is 24.4 Å². The van der Waals surface area contributed by atoms with Crippen LogP contribution in [0.1, 0.15) is 20.7 Å². The van der Waals surface area contributed by atoms with Gasteiger partial charge in [0.2, 0.25) is 0 Å². The number of pyridine rings is 1. The van der Waals surface area contributed by atoms with Gasteiger partial charge in [-0.3, -0.25) is 4.79 Å². The van der Waals surface area contributed by atoms with E-state index >= 15 is 0 Å². The molecule has 2 aromatic rings. The third kappa shape index (κ3) is 5.29. The average molecular weight is 399 g/mol. The Morgan fingerprint density at radius 3 is 2.52 bits per heavy atom. The predicted molar refractivity (Wildman–Crippen MR) is 104 cm³/mol. The normalized spacial score (nSPS) is 13.5. The Balaban J connectivity index is 1.56. The first-order valence-electron chi connectivity index (χ1n) is 9.01. The van der Waals surface area contributed by atoms with Gasteiger partial charge in [-0.2, -0.15) is 0 Å². The first-order valence-corrected chi connectivity index (χ1v) is 9.01. The van der Waals surface area contributed by atoms with Crippen molar-refractivity contribution < 1.29 is 28.6 Å². The molecule has 0 atom stereocenters. The van der Waals surface area contributed by atoms with Gasteiger partial charge in [-0.1, -0.05) is 0 Å². The molecule has 1 aliphatic rings. The number of benzene rings is 1. The van der Waals surface area contributed by atoms with Crippen LogP contribution >= 0.6 is 0 Å². The Morgan fingerprint density at radius 2 is 1.83 bits per heavy atom. The second-order valence-corrected chi connectivity index (χ2v) is 6.17. The molecule has 1 amide bonds. The molecule has 0 spiro atoms. The standard InChI is InChI=1S/C20H21N3O6/c1-27-19(25)14-4-6-15(7-5-14)22-17(24)13-29-20(26)16-3-2-8-21-18(16)23-9-11-28-12-10-23/h2-8H,9-13H2,1H3,(H,22,24). The lowest BCUT2D eigenvalue weighted by Gasteiger charge is -2.28. The van der Waals surface area contributed by atoms with Gasteiger partial charge in [-0.25, -0.2) is 14.6 Å². The number of hydrogen-bond acceptors (Lipinski definition) is 8. The highest BCUT2D eigenvalue weighted by Crippen LogP contribution is 2.19. The smallest absolute Gasteiger partial charge is 0.342 e. The SMILES string of the molecule is COC(=O)c1ccc(NC(=O)COC(=O)c2cccnc2N2CCOCC2)cc1. The minimum Gasteiger partial charge on any atom is -0.465 e. The number of anilines is 2. The Hall–Kier alpha value is -3.46. The lowest BCUT2D eigenvalue weighted by Crippen LogP contribution is -2.37. The molecular formula is C20H21N3O6. The molecule has 0 bridgehead atoms. The van der Waals surface area contributed by atoms with Gasteiger partial charge >= 0.3 is 11.9 Å². The van der Waals surface area contributed by atoms with Crippen LogP contribution in [0.3, 0.4) is 0 Å². The Bertz CT molecular complexity index is 878. The molecule has 152 valence electrons. The van der Waals surface area contributed by atoms with Crippen LogP contribution in [0.5, 0.6) is 0 Å². The molecule has 1 saturated heterocycles. The van der Waals surface area contributed by atoms with Crippen LogP contribution in [-0.4, -0.2) is 62.8 Å². The molecule has 0 unspecified atom stereocenters. The lowest BCUT2D eigenvalue weighted by molar-refractivity contribution is -0.119. The molecule has 2 heterocycles. The van der Waals surface area contributed by atoms with E-state index < -0.39 is 24.5 Å². The predicted octanol–water partition coefficient (Wildman–Crippen LogP) is 1.50. The summed E-state index contributed by atoms with van der Waals surface area (Å²) < 4.78 is 15.1. The first kappa shape index (κ1) is 20.3. The summed E-state index contributed by atoms with van der Waals surface area (Å²) in [4.78, 5) is 42.2. The van der Waals surface area contributed by atoms with E-state index in [9.17, 15) is 14.4 Å². The van der Waals surface area contributed by atoms with Gasteiger partial charge in [0.15, 0.2) is 6.61 Å². The monoisotopic (exact) mass is 399 g/mol. The van der Waals surface area contributed by atoms with Crippen molar-refractivity contribution in [2.24, 2.45) is 0 Å². The topological polar surface area (TPSA) is 107 Å². The molecule has 1 aromatic heterocycles. The van der Waals surface area contributed by atoms with E-state index in [2.05, 4.69) is 15.0 Å². The summed E-state index contributed by atoms with van der Waals surface area (Å²) in [5.74, 6) is -1.08. The molecule has 0 aliphatic carbocycles. The number of aromatic nitrogens is 1. The average Bonchev–Trinajstić information content (AvgIpc) is 2.78. The van der Waals surface area contributed by atoms with Crippen molar-refractivity contribution in [3.63, 3.8) is 0 Å². The number of amides is 1. The largest absolute Gasteiger partial charge is 0.465 e. The maximum Gasteiger partial charge on any atom is 0.342 e. The minimum atomic E-state index is -0.629. The highest BCUT2D eigenvalue weighted by Gasteiger charge is 2.21. The number of carbonyl (C=O) groups is 3. The van der Waals surface area contributed by atoms with Crippen LogP contribution in [0.2, 0.25) is 0 Å². The lowest BCUT2D eigenvalue weighted by atomic mass is 10.2. The summed E-state index contributed by atoms with van der Waals surface area (Å²) in [7, 11) is 1.29. The van der Waals surface area contributed by atoms with Gasteiger partial charge in [-0.05, 0) is 36.4 Å². The zero-order valence-electron chi connectivity index (χ0n) is 15.9. The fraction of sp³-hybridized carbons (Fsp3) is 0.300. The maximum absolute atomic E-state index is 12.5. The second kappa shape index (κ2) is 9.65. The molecule has 1 N–H and O–H groups in total. The van der Waals surface area contributed by atoms with Crippen LogP contribution in [0.4, 0.5) is 11.5 Å². The molecule has 1 aromatic carbocycles. The molecule has 0 saturated carbocycles. The van der Waals surface area contributed by atoms with Crippen molar-refractivity contribution in [1.29, 1.82) is 0 Å². The van der Waals surface area contributed by atoms with Crippen molar-refractivity contribution >= 4 is 29.4 Å². The summed E-state index contributed by atoms with van der Waals surface area (Å²) in [6.45, 7) is 1.91.